The Morgan fingerprint density at radius 3 is 2.73 bits per heavy atom. The monoisotopic (exact) mass is 324 g/mol. The molecule has 2 rings (SSSR count). The lowest BCUT2D eigenvalue weighted by Gasteiger charge is -2.34. The molecule has 0 spiro atoms. The average molecular weight is 325 g/mol. The number of benzene rings is 1. The van der Waals surface area contributed by atoms with E-state index in [-0.39, 0.29) is 24.5 Å². The Morgan fingerprint density at radius 1 is 1.32 bits per heavy atom. The second-order valence-electron chi connectivity index (χ2n) is 5.30. The van der Waals surface area contributed by atoms with E-state index in [0.717, 1.165) is 18.7 Å². The summed E-state index contributed by atoms with van der Waals surface area (Å²) in [7, 11) is 0. The minimum atomic E-state index is -0.355. The van der Waals surface area contributed by atoms with Gasteiger partial charge in [0.1, 0.15) is 0 Å². The summed E-state index contributed by atoms with van der Waals surface area (Å²) in [6.45, 7) is 4.64. The Bertz CT molecular complexity index is 521. The highest BCUT2D eigenvalue weighted by Gasteiger charge is 2.22. The van der Waals surface area contributed by atoms with E-state index in [1.54, 1.807) is 17.0 Å². The van der Waals surface area contributed by atoms with Gasteiger partial charge in [-0.3, -0.25) is 4.79 Å². The quantitative estimate of drug-likeness (QED) is 0.772. The smallest absolute Gasteiger partial charge is 0.315 e. The molecule has 1 fully saturated rings. The molecule has 1 unspecified atom stereocenters. The molecular weight excluding hydrogens is 304 g/mol. The van der Waals surface area contributed by atoms with Crippen molar-refractivity contribution < 1.29 is 9.59 Å². The Morgan fingerprint density at radius 2 is 2.05 bits per heavy atom. The van der Waals surface area contributed by atoms with Crippen molar-refractivity contribution in [2.45, 2.75) is 19.5 Å². The summed E-state index contributed by atoms with van der Waals surface area (Å²) < 4.78 is 0. The number of rotatable bonds is 4. The van der Waals surface area contributed by atoms with E-state index in [9.17, 15) is 9.59 Å². The van der Waals surface area contributed by atoms with Crippen molar-refractivity contribution in [3.05, 3.63) is 34.9 Å². The molecule has 1 aromatic carbocycles. The molecule has 0 aliphatic carbocycles. The maximum Gasteiger partial charge on any atom is 0.315 e. The van der Waals surface area contributed by atoms with Gasteiger partial charge in [-0.05, 0) is 24.6 Å². The third-order valence-electron chi connectivity index (χ3n) is 3.59. The van der Waals surface area contributed by atoms with Crippen LogP contribution in [0.15, 0.2) is 24.3 Å². The Kier molecular flexibility index (Phi) is 6.03. The molecule has 1 saturated heterocycles. The highest BCUT2D eigenvalue weighted by Crippen LogP contribution is 2.09. The molecule has 0 radical (unpaired) electrons. The van der Waals surface area contributed by atoms with Crippen molar-refractivity contribution in [1.29, 1.82) is 0 Å². The minimum absolute atomic E-state index is 0.0107. The Balaban J connectivity index is 1.70. The van der Waals surface area contributed by atoms with Crippen LogP contribution in [0.1, 0.15) is 12.5 Å². The number of amides is 3. The van der Waals surface area contributed by atoms with Crippen molar-refractivity contribution >= 4 is 23.5 Å². The van der Waals surface area contributed by atoms with Gasteiger partial charge < -0.3 is 20.9 Å². The summed E-state index contributed by atoms with van der Waals surface area (Å²) in [5.74, 6) is -0.0596. The predicted octanol–water partition coefficient (Wildman–Crippen LogP) is 0.960. The average Bonchev–Trinajstić information content (AvgIpc) is 2.52. The molecule has 120 valence electrons. The highest BCUT2D eigenvalue weighted by atomic mass is 35.5. The number of carbonyl (C=O) groups is 2. The number of urea groups is 1. The van der Waals surface area contributed by atoms with Crippen LogP contribution in [0, 0.1) is 0 Å². The SMILES string of the molecule is CC1CNCCN1C(=O)CNC(=O)NCc1ccc(Cl)cc1. The van der Waals surface area contributed by atoms with E-state index in [0.29, 0.717) is 18.1 Å². The normalized spacial score (nSPS) is 17.9. The summed E-state index contributed by atoms with van der Waals surface area (Å²) in [5.41, 5.74) is 0.946. The number of piperazine rings is 1. The van der Waals surface area contributed by atoms with Gasteiger partial charge in [0.15, 0.2) is 0 Å². The van der Waals surface area contributed by atoms with Crippen LogP contribution in [0.5, 0.6) is 0 Å². The van der Waals surface area contributed by atoms with Gasteiger partial charge in [0.2, 0.25) is 5.91 Å². The van der Waals surface area contributed by atoms with Crippen molar-refractivity contribution in [1.82, 2.24) is 20.9 Å². The number of hydrogen-bond acceptors (Lipinski definition) is 3. The van der Waals surface area contributed by atoms with Gasteiger partial charge in [-0.1, -0.05) is 23.7 Å². The zero-order valence-electron chi connectivity index (χ0n) is 12.6. The number of nitrogens with one attached hydrogen (secondary N) is 3. The molecule has 0 aromatic heterocycles. The molecule has 22 heavy (non-hydrogen) atoms. The third kappa shape index (κ3) is 4.89. The highest BCUT2D eigenvalue weighted by molar-refractivity contribution is 6.30. The van der Waals surface area contributed by atoms with E-state index in [4.69, 9.17) is 11.6 Å². The topological polar surface area (TPSA) is 73.5 Å². The molecule has 3 amide bonds. The first kappa shape index (κ1) is 16.6. The van der Waals surface area contributed by atoms with E-state index < -0.39 is 0 Å². The number of carbonyl (C=O) groups excluding carboxylic acids is 2. The van der Waals surface area contributed by atoms with Crippen LogP contribution in [0.2, 0.25) is 5.02 Å². The number of hydrogen-bond donors (Lipinski definition) is 3. The van der Waals surface area contributed by atoms with Crippen LogP contribution in [-0.4, -0.2) is 49.1 Å². The summed E-state index contributed by atoms with van der Waals surface area (Å²) >= 11 is 5.80. The van der Waals surface area contributed by atoms with Crippen LogP contribution >= 0.6 is 11.6 Å². The first-order valence-electron chi connectivity index (χ1n) is 7.32. The maximum absolute atomic E-state index is 12.1. The summed E-state index contributed by atoms with van der Waals surface area (Å²) in [4.78, 5) is 25.6. The van der Waals surface area contributed by atoms with Gasteiger partial charge in [-0.2, -0.15) is 0 Å². The van der Waals surface area contributed by atoms with Gasteiger partial charge in [0.05, 0.1) is 6.54 Å². The fraction of sp³-hybridized carbons (Fsp3) is 0.467. The zero-order chi connectivity index (χ0) is 15.9. The second-order valence-corrected chi connectivity index (χ2v) is 5.74. The van der Waals surface area contributed by atoms with E-state index in [1.807, 2.05) is 19.1 Å². The summed E-state index contributed by atoms with van der Waals surface area (Å²) in [6.07, 6.45) is 0. The van der Waals surface area contributed by atoms with Crippen molar-refractivity contribution in [3.8, 4) is 0 Å². The lowest BCUT2D eigenvalue weighted by atomic mass is 10.2. The van der Waals surface area contributed by atoms with Crippen LogP contribution in [0.25, 0.3) is 0 Å². The van der Waals surface area contributed by atoms with Crippen molar-refractivity contribution in [2.24, 2.45) is 0 Å². The van der Waals surface area contributed by atoms with E-state index in [2.05, 4.69) is 16.0 Å². The van der Waals surface area contributed by atoms with Gasteiger partial charge in [-0.25, -0.2) is 4.79 Å². The predicted molar refractivity (Wildman–Crippen MR) is 85.7 cm³/mol. The van der Waals surface area contributed by atoms with E-state index >= 15 is 0 Å². The molecule has 1 aromatic rings. The first-order chi connectivity index (χ1) is 10.6. The number of halogens is 1. The van der Waals surface area contributed by atoms with Crippen molar-refractivity contribution in [2.75, 3.05) is 26.2 Å². The molecule has 1 aliphatic heterocycles. The second kappa shape index (κ2) is 8.00. The summed E-state index contributed by atoms with van der Waals surface area (Å²) in [6, 6.07) is 7.02. The molecule has 1 atom stereocenters. The lowest BCUT2D eigenvalue weighted by molar-refractivity contribution is -0.132. The van der Waals surface area contributed by atoms with Crippen molar-refractivity contribution in [3.63, 3.8) is 0 Å². The van der Waals surface area contributed by atoms with Gasteiger partial charge >= 0.3 is 6.03 Å². The molecular formula is C15H21ClN4O2. The Hall–Kier alpha value is -1.79. The maximum atomic E-state index is 12.1. The molecule has 6 nitrogen and oxygen atoms in total. The fourth-order valence-electron chi connectivity index (χ4n) is 2.32. The van der Waals surface area contributed by atoms with E-state index in [1.165, 1.54) is 0 Å². The Labute approximate surface area is 135 Å². The largest absolute Gasteiger partial charge is 0.336 e. The molecule has 0 saturated carbocycles. The van der Waals surface area contributed by atoms with Gasteiger partial charge in [-0.15, -0.1) is 0 Å². The molecule has 3 N–H and O–H groups in total. The lowest BCUT2D eigenvalue weighted by Crippen LogP contribution is -2.55. The third-order valence-corrected chi connectivity index (χ3v) is 3.84. The molecule has 0 bridgehead atoms. The van der Waals surface area contributed by atoms with Crippen LogP contribution in [-0.2, 0) is 11.3 Å². The molecule has 7 heteroatoms. The fourth-order valence-corrected chi connectivity index (χ4v) is 2.44. The van der Waals surface area contributed by atoms with Crippen LogP contribution in [0.3, 0.4) is 0 Å². The standard InChI is InChI=1S/C15H21ClN4O2/c1-11-8-17-6-7-20(11)14(21)10-19-15(22)18-9-12-2-4-13(16)5-3-12/h2-5,11,17H,6-10H2,1H3,(H2,18,19,22). The van der Waals surface area contributed by atoms with Crippen LogP contribution < -0.4 is 16.0 Å². The zero-order valence-corrected chi connectivity index (χ0v) is 13.3. The molecule has 1 aliphatic rings. The van der Waals surface area contributed by atoms with Crippen LogP contribution in [0.4, 0.5) is 4.79 Å². The minimum Gasteiger partial charge on any atom is -0.336 e. The molecule has 1 heterocycles. The first-order valence-corrected chi connectivity index (χ1v) is 7.70. The summed E-state index contributed by atoms with van der Waals surface area (Å²) in [5, 5.41) is 9.19. The number of nitrogens with zero attached hydrogens (tertiary/aromatic N) is 1. The van der Waals surface area contributed by atoms with Gasteiger partial charge in [0.25, 0.3) is 0 Å². The van der Waals surface area contributed by atoms with Gasteiger partial charge in [0, 0.05) is 37.2 Å².